The molecule has 0 fully saturated rings. The fraction of sp³-hybridized carbons (Fsp3) is 0.188. The third kappa shape index (κ3) is 3.11. The second-order valence-corrected chi connectivity index (χ2v) is 4.45. The molecule has 0 unspecified atom stereocenters. The van der Waals surface area contributed by atoms with Crippen LogP contribution in [0.3, 0.4) is 0 Å². The molecule has 0 aliphatic rings. The Kier molecular flexibility index (Phi) is 3.82. The van der Waals surface area contributed by atoms with E-state index < -0.39 is 0 Å². The van der Waals surface area contributed by atoms with Gasteiger partial charge < -0.3 is 4.74 Å². The Morgan fingerprint density at radius 3 is 2.58 bits per heavy atom. The molecule has 0 spiro atoms. The van der Waals surface area contributed by atoms with Crippen LogP contribution in [0.2, 0.25) is 0 Å². The average Bonchev–Trinajstić information content (AvgIpc) is 2.40. The SMILES string of the molecule is Cc1cc(C#N)ccc1COc1cc(F)ccc1C. The molecular weight excluding hydrogens is 241 g/mol. The summed E-state index contributed by atoms with van der Waals surface area (Å²) in [5.41, 5.74) is 3.51. The highest BCUT2D eigenvalue weighted by Crippen LogP contribution is 2.21. The van der Waals surface area contributed by atoms with Gasteiger partial charge in [0, 0.05) is 6.07 Å². The van der Waals surface area contributed by atoms with Crippen LogP contribution >= 0.6 is 0 Å². The molecule has 96 valence electrons. The topological polar surface area (TPSA) is 33.0 Å². The molecule has 2 rings (SSSR count). The van der Waals surface area contributed by atoms with E-state index in [1.807, 2.05) is 26.0 Å². The Bertz CT molecular complexity index is 644. The van der Waals surface area contributed by atoms with E-state index in [2.05, 4.69) is 6.07 Å². The van der Waals surface area contributed by atoms with Crippen LogP contribution in [0.5, 0.6) is 5.75 Å². The van der Waals surface area contributed by atoms with Crippen molar-refractivity contribution < 1.29 is 9.13 Å². The molecule has 0 bridgehead atoms. The van der Waals surface area contributed by atoms with Crippen LogP contribution in [0.1, 0.15) is 22.3 Å². The summed E-state index contributed by atoms with van der Waals surface area (Å²) in [6.45, 7) is 4.17. The van der Waals surface area contributed by atoms with Gasteiger partial charge in [-0.15, -0.1) is 0 Å². The van der Waals surface area contributed by atoms with E-state index >= 15 is 0 Å². The summed E-state index contributed by atoms with van der Waals surface area (Å²) in [5.74, 6) is 0.237. The average molecular weight is 255 g/mol. The highest BCUT2D eigenvalue weighted by Gasteiger charge is 2.04. The zero-order chi connectivity index (χ0) is 13.8. The molecule has 0 N–H and O–H groups in total. The summed E-state index contributed by atoms with van der Waals surface area (Å²) in [6, 6.07) is 12.0. The molecule has 0 saturated heterocycles. The number of rotatable bonds is 3. The van der Waals surface area contributed by atoms with Gasteiger partial charge in [-0.3, -0.25) is 0 Å². The van der Waals surface area contributed by atoms with Crippen molar-refractivity contribution in [3.05, 3.63) is 64.5 Å². The van der Waals surface area contributed by atoms with Crippen LogP contribution < -0.4 is 4.74 Å². The molecule has 0 aromatic heterocycles. The molecule has 0 aliphatic carbocycles. The molecule has 0 aliphatic heterocycles. The van der Waals surface area contributed by atoms with E-state index in [4.69, 9.17) is 10.00 Å². The zero-order valence-electron chi connectivity index (χ0n) is 10.9. The van der Waals surface area contributed by atoms with Crippen molar-refractivity contribution in [2.75, 3.05) is 0 Å². The van der Waals surface area contributed by atoms with Crippen molar-refractivity contribution in [2.45, 2.75) is 20.5 Å². The largest absolute Gasteiger partial charge is 0.489 e. The zero-order valence-corrected chi connectivity index (χ0v) is 10.9. The number of aryl methyl sites for hydroxylation is 2. The molecule has 0 atom stereocenters. The molecule has 0 radical (unpaired) electrons. The van der Waals surface area contributed by atoms with Gasteiger partial charge >= 0.3 is 0 Å². The van der Waals surface area contributed by atoms with Crippen molar-refractivity contribution in [2.24, 2.45) is 0 Å². The van der Waals surface area contributed by atoms with Gasteiger partial charge in [-0.1, -0.05) is 12.1 Å². The Morgan fingerprint density at radius 2 is 1.89 bits per heavy atom. The molecule has 2 nitrogen and oxygen atoms in total. The van der Waals surface area contributed by atoms with Crippen molar-refractivity contribution in [1.82, 2.24) is 0 Å². The van der Waals surface area contributed by atoms with Crippen molar-refractivity contribution in [3.63, 3.8) is 0 Å². The number of hydrogen-bond donors (Lipinski definition) is 0. The van der Waals surface area contributed by atoms with Crippen LogP contribution in [-0.4, -0.2) is 0 Å². The van der Waals surface area contributed by atoms with E-state index in [-0.39, 0.29) is 5.82 Å². The van der Waals surface area contributed by atoms with Gasteiger partial charge in [0.25, 0.3) is 0 Å². The minimum Gasteiger partial charge on any atom is -0.489 e. The fourth-order valence-electron chi connectivity index (χ4n) is 1.81. The third-order valence-electron chi connectivity index (χ3n) is 3.01. The molecule has 0 heterocycles. The summed E-state index contributed by atoms with van der Waals surface area (Å²) >= 11 is 0. The van der Waals surface area contributed by atoms with Gasteiger partial charge in [0.05, 0.1) is 11.6 Å². The first-order chi connectivity index (χ1) is 9.10. The lowest BCUT2D eigenvalue weighted by atomic mass is 10.1. The first-order valence-electron chi connectivity index (χ1n) is 5.99. The van der Waals surface area contributed by atoms with Crippen LogP contribution in [0.25, 0.3) is 0 Å². The van der Waals surface area contributed by atoms with E-state index in [1.165, 1.54) is 12.1 Å². The molecular formula is C16H14FNO. The quantitative estimate of drug-likeness (QED) is 0.833. The Hall–Kier alpha value is -2.34. The Balaban J connectivity index is 2.15. The van der Waals surface area contributed by atoms with Crippen LogP contribution in [0.15, 0.2) is 36.4 Å². The number of nitrogens with zero attached hydrogens (tertiary/aromatic N) is 1. The first-order valence-corrected chi connectivity index (χ1v) is 5.99. The molecule has 2 aromatic rings. The molecule has 0 saturated carbocycles. The second kappa shape index (κ2) is 5.53. The summed E-state index contributed by atoms with van der Waals surface area (Å²) in [7, 11) is 0. The maximum atomic E-state index is 13.1. The highest BCUT2D eigenvalue weighted by molar-refractivity contribution is 5.38. The fourth-order valence-corrected chi connectivity index (χ4v) is 1.81. The number of halogens is 1. The number of benzene rings is 2. The lowest BCUT2D eigenvalue weighted by Crippen LogP contribution is -2.00. The summed E-state index contributed by atoms with van der Waals surface area (Å²) in [4.78, 5) is 0. The van der Waals surface area contributed by atoms with Crippen molar-refractivity contribution >= 4 is 0 Å². The molecule has 2 aromatic carbocycles. The van der Waals surface area contributed by atoms with Gasteiger partial charge in [0.15, 0.2) is 0 Å². The van der Waals surface area contributed by atoms with Gasteiger partial charge in [-0.25, -0.2) is 4.39 Å². The lowest BCUT2D eigenvalue weighted by molar-refractivity contribution is 0.301. The molecule has 0 amide bonds. The van der Waals surface area contributed by atoms with Crippen LogP contribution in [-0.2, 0) is 6.61 Å². The minimum atomic E-state index is -0.308. The standard InChI is InChI=1S/C16H14FNO/c1-11-3-6-15(17)8-16(11)19-10-14-5-4-13(9-18)7-12(14)2/h3-8H,10H2,1-2H3. The van der Waals surface area contributed by atoms with Crippen molar-refractivity contribution in [3.8, 4) is 11.8 Å². The number of hydrogen-bond acceptors (Lipinski definition) is 2. The molecule has 19 heavy (non-hydrogen) atoms. The first kappa shape index (κ1) is 13.1. The van der Waals surface area contributed by atoms with Gasteiger partial charge in [-0.05, 0) is 48.7 Å². The van der Waals surface area contributed by atoms with E-state index in [0.29, 0.717) is 17.9 Å². The third-order valence-corrected chi connectivity index (χ3v) is 3.01. The molecule has 3 heteroatoms. The smallest absolute Gasteiger partial charge is 0.126 e. The van der Waals surface area contributed by atoms with E-state index in [0.717, 1.165) is 16.7 Å². The Labute approximate surface area is 112 Å². The van der Waals surface area contributed by atoms with Gasteiger partial charge in [0.1, 0.15) is 18.2 Å². The maximum absolute atomic E-state index is 13.1. The summed E-state index contributed by atoms with van der Waals surface area (Å²) in [5, 5.41) is 8.80. The normalized spacial score (nSPS) is 10.0. The van der Waals surface area contributed by atoms with Crippen LogP contribution in [0.4, 0.5) is 4.39 Å². The summed E-state index contributed by atoms with van der Waals surface area (Å²) in [6.07, 6.45) is 0. The Morgan fingerprint density at radius 1 is 1.11 bits per heavy atom. The maximum Gasteiger partial charge on any atom is 0.126 e. The van der Waals surface area contributed by atoms with Gasteiger partial charge in [-0.2, -0.15) is 5.26 Å². The monoisotopic (exact) mass is 255 g/mol. The number of ether oxygens (including phenoxy) is 1. The van der Waals surface area contributed by atoms with E-state index in [9.17, 15) is 4.39 Å². The number of nitriles is 1. The van der Waals surface area contributed by atoms with Crippen LogP contribution in [0, 0.1) is 31.0 Å². The van der Waals surface area contributed by atoms with E-state index in [1.54, 1.807) is 12.1 Å². The highest BCUT2D eigenvalue weighted by atomic mass is 19.1. The van der Waals surface area contributed by atoms with Gasteiger partial charge in [0.2, 0.25) is 0 Å². The predicted octanol–water partition coefficient (Wildman–Crippen LogP) is 3.89. The second-order valence-electron chi connectivity index (χ2n) is 4.45. The minimum absolute atomic E-state index is 0.308. The lowest BCUT2D eigenvalue weighted by Gasteiger charge is -2.11. The predicted molar refractivity (Wildman–Crippen MR) is 71.4 cm³/mol. The summed E-state index contributed by atoms with van der Waals surface area (Å²) < 4.78 is 18.8. The van der Waals surface area contributed by atoms with Crippen molar-refractivity contribution in [1.29, 1.82) is 5.26 Å².